The van der Waals surface area contributed by atoms with Gasteiger partial charge in [0, 0.05) is 0 Å². The maximum atomic E-state index is 12.5. The van der Waals surface area contributed by atoms with E-state index in [1.54, 1.807) is 6.92 Å². The number of carbonyl (C=O) groups excluding carboxylic acids is 2. The number of benzene rings is 2. The van der Waals surface area contributed by atoms with Crippen LogP contribution in [0.5, 0.6) is 0 Å². The normalized spacial score (nSPS) is 11.7. The molecule has 0 fully saturated rings. The molecule has 0 saturated heterocycles. The third kappa shape index (κ3) is 5.31. The number of rotatable bonds is 8. The van der Waals surface area contributed by atoms with E-state index in [1.165, 1.54) is 0 Å². The van der Waals surface area contributed by atoms with Gasteiger partial charge in [-0.2, -0.15) is 0 Å². The minimum atomic E-state index is -0.602. The number of nitrogens with zero attached hydrogens (tertiary/aromatic N) is 1. The van der Waals surface area contributed by atoms with Crippen molar-refractivity contribution in [2.75, 3.05) is 6.61 Å². The summed E-state index contributed by atoms with van der Waals surface area (Å²) in [5.41, 5.74) is 2.91. The van der Waals surface area contributed by atoms with Crippen molar-refractivity contribution in [3.8, 4) is 0 Å². The highest BCUT2D eigenvalue weighted by atomic mass is 16.5. The third-order valence-corrected chi connectivity index (χ3v) is 4.63. The van der Waals surface area contributed by atoms with Gasteiger partial charge in [-0.25, -0.2) is 4.79 Å². The number of aryl methyl sites for hydroxylation is 2. The van der Waals surface area contributed by atoms with Crippen LogP contribution in [0.4, 0.5) is 0 Å². The summed E-state index contributed by atoms with van der Waals surface area (Å²) in [6.45, 7) is 3.15. The fourth-order valence-corrected chi connectivity index (χ4v) is 3.15. The summed E-state index contributed by atoms with van der Waals surface area (Å²) in [7, 11) is 0. The van der Waals surface area contributed by atoms with Crippen molar-refractivity contribution in [2.24, 2.45) is 0 Å². The number of amides is 1. The highest BCUT2D eigenvalue weighted by Crippen LogP contribution is 2.19. The first kappa shape index (κ1) is 20.3. The summed E-state index contributed by atoms with van der Waals surface area (Å²) in [4.78, 5) is 24.9. The van der Waals surface area contributed by atoms with Crippen LogP contribution in [-0.4, -0.2) is 23.6 Å². The van der Waals surface area contributed by atoms with Gasteiger partial charge in [0.2, 0.25) is 0 Å². The van der Waals surface area contributed by atoms with Crippen molar-refractivity contribution < 1.29 is 18.8 Å². The Hall–Kier alpha value is -3.41. The zero-order valence-electron chi connectivity index (χ0n) is 16.6. The molecule has 0 aliphatic rings. The van der Waals surface area contributed by atoms with E-state index in [9.17, 15) is 9.59 Å². The Morgan fingerprint density at radius 3 is 2.38 bits per heavy atom. The number of hydrogen-bond acceptors (Lipinski definition) is 5. The first-order valence-electron chi connectivity index (χ1n) is 9.59. The van der Waals surface area contributed by atoms with Gasteiger partial charge in [-0.05, 0) is 30.9 Å². The van der Waals surface area contributed by atoms with Gasteiger partial charge in [-0.1, -0.05) is 72.7 Å². The Labute approximate surface area is 169 Å². The van der Waals surface area contributed by atoms with Gasteiger partial charge in [-0.3, -0.25) is 4.79 Å². The van der Waals surface area contributed by atoms with Crippen LogP contribution >= 0.6 is 0 Å². The minimum absolute atomic E-state index is 0.228. The summed E-state index contributed by atoms with van der Waals surface area (Å²) in [6, 6.07) is 19.4. The number of nitrogens with one attached hydrogen (secondary N) is 1. The van der Waals surface area contributed by atoms with Crippen LogP contribution in [0, 0.1) is 6.92 Å². The molecule has 6 nitrogen and oxygen atoms in total. The third-order valence-electron chi connectivity index (χ3n) is 4.63. The van der Waals surface area contributed by atoms with Gasteiger partial charge in [0.25, 0.3) is 5.91 Å². The summed E-state index contributed by atoms with van der Waals surface area (Å²) in [6.07, 6.45) is 1.18. The van der Waals surface area contributed by atoms with Gasteiger partial charge in [-0.15, -0.1) is 0 Å². The van der Waals surface area contributed by atoms with E-state index >= 15 is 0 Å². The predicted octanol–water partition coefficient (Wildman–Crippen LogP) is 3.80. The average molecular weight is 392 g/mol. The highest BCUT2D eigenvalue weighted by Gasteiger charge is 2.22. The van der Waals surface area contributed by atoms with Crippen LogP contribution in [0.25, 0.3) is 0 Å². The molecule has 2 aromatic carbocycles. The fourth-order valence-electron chi connectivity index (χ4n) is 3.15. The molecular weight excluding hydrogens is 368 g/mol. The number of esters is 1. The van der Waals surface area contributed by atoms with E-state index in [1.807, 2.05) is 67.6 Å². The maximum absolute atomic E-state index is 12.5. The minimum Gasteiger partial charge on any atom is -0.452 e. The lowest BCUT2D eigenvalue weighted by Gasteiger charge is -2.19. The smallest absolute Gasteiger partial charge is 0.344 e. The molecule has 0 bridgehead atoms. The van der Waals surface area contributed by atoms with Crippen molar-refractivity contribution >= 4 is 11.9 Å². The Balaban J connectivity index is 1.65. The highest BCUT2D eigenvalue weighted by molar-refractivity contribution is 5.93. The van der Waals surface area contributed by atoms with Crippen molar-refractivity contribution in [1.29, 1.82) is 0 Å². The molecule has 1 unspecified atom stereocenters. The molecular formula is C23H24N2O4. The van der Waals surface area contributed by atoms with Crippen LogP contribution in [0.1, 0.15) is 45.9 Å². The second kappa shape index (κ2) is 9.68. The largest absolute Gasteiger partial charge is 0.452 e. The molecule has 1 aromatic heterocycles. The van der Waals surface area contributed by atoms with E-state index in [0.717, 1.165) is 11.1 Å². The van der Waals surface area contributed by atoms with Crippen LogP contribution < -0.4 is 5.32 Å². The first-order valence-corrected chi connectivity index (χ1v) is 9.59. The Kier molecular flexibility index (Phi) is 6.79. The van der Waals surface area contributed by atoms with E-state index in [0.29, 0.717) is 29.9 Å². The Morgan fingerprint density at radius 1 is 1.07 bits per heavy atom. The average Bonchev–Trinajstić information content (AvgIpc) is 3.13. The molecule has 150 valence electrons. The van der Waals surface area contributed by atoms with Crippen LogP contribution in [0.15, 0.2) is 65.2 Å². The number of hydrogen-bond donors (Lipinski definition) is 1. The van der Waals surface area contributed by atoms with Crippen LogP contribution in [0.3, 0.4) is 0 Å². The molecule has 29 heavy (non-hydrogen) atoms. The SMILES string of the molecule is CCc1noc(C)c1C(=O)OCC(=O)NC(Cc1ccccc1)c1ccccc1. The molecule has 0 radical (unpaired) electrons. The molecule has 0 aliphatic carbocycles. The van der Waals surface area contributed by atoms with Gasteiger partial charge in [0.05, 0.1) is 11.7 Å². The van der Waals surface area contributed by atoms with E-state index in [4.69, 9.17) is 9.26 Å². The van der Waals surface area contributed by atoms with Gasteiger partial charge in [0.15, 0.2) is 6.61 Å². The van der Waals surface area contributed by atoms with Gasteiger partial charge < -0.3 is 14.6 Å². The topological polar surface area (TPSA) is 81.4 Å². The molecule has 0 spiro atoms. The summed E-state index contributed by atoms with van der Waals surface area (Å²) in [5, 5.41) is 6.81. The molecule has 6 heteroatoms. The molecule has 1 N–H and O–H groups in total. The molecule has 0 saturated carbocycles. The lowest BCUT2D eigenvalue weighted by Crippen LogP contribution is -2.33. The van der Waals surface area contributed by atoms with Crippen molar-refractivity contribution in [3.05, 3.63) is 88.8 Å². The summed E-state index contributed by atoms with van der Waals surface area (Å²) >= 11 is 0. The van der Waals surface area contributed by atoms with Crippen LogP contribution in [-0.2, 0) is 22.4 Å². The Morgan fingerprint density at radius 2 is 1.72 bits per heavy atom. The quantitative estimate of drug-likeness (QED) is 0.590. The summed E-state index contributed by atoms with van der Waals surface area (Å²) < 4.78 is 10.3. The zero-order valence-corrected chi connectivity index (χ0v) is 16.6. The number of ether oxygens (including phenoxy) is 1. The fraction of sp³-hybridized carbons (Fsp3) is 0.261. The lowest BCUT2D eigenvalue weighted by atomic mass is 9.99. The predicted molar refractivity (Wildman–Crippen MR) is 108 cm³/mol. The van der Waals surface area contributed by atoms with Crippen molar-refractivity contribution in [3.63, 3.8) is 0 Å². The number of carbonyl (C=O) groups is 2. The lowest BCUT2D eigenvalue weighted by molar-refractivity contribution is -0.125. The molecule has 1 amide bonds. The number of aromatic nitrogens is 1. The van der Waals surface area contributed by atoms with Crippen molar-refractivity contribution in [1.82, 2.24) is 10.5 Å². The molecule has 1 atom stereocenters. The maximum Gasteiger partial charge on any atom is 0.344 e. The van der Waals surface area contributed by atoms with E-state index in [-0.39, 0.29) is 18.6 Å². The van der Waals surface area contributed by atoms with Crippen molar-refractivity contribution in [2.45, 2.75) is 32.7 Å². The van der Waals surface area contributed by atoms with E-state index < -0.39 is 5.97 Å². The van der Waals surface area contributed by atoms with Crippen LogP contribution in [0.2, 0.25) is 0 Å². The zero-order chi connectivity index (χ0) is 20.6. The van der Waals surface area contributed by atoms with Gasteiger partial charge in [0.1, 0.15) is 11.3 Å². The molecule has 3 aromatic rings. The monoisotopic (exact) mass is 392 g/mol. The first-order chi connectivity index (χ1) is 14.1. The van der Waals surface area contributed by atoms with Gasteiger partial charge >= 0.3 is 5.97 Å². The molecule has 1 heterocycles. The molecule has 3 rings (SSSR count). The second-order valence-corrected chi connectivity index (χ2v) is 6.71. The molecule has 0 aliphatic heterocycles. The Bertz CT molecular complexity index is 952. The standard InChI is InChI=1S/C23H24N2O4/c1-3-19-22(16(2)29-25-19)23(27)28-15-21(26)24-20(18-12-8-5-9-13-18)14-17-10-6-4-7-11-17/h4-13,20H,3,14-15H2,1-2H3,(H,24,26). The summed E-state index contributed by atoms with van der Waals surface area (Å²) in [5.74, 6) is -0.580. The second-order valence-electron chi connectivity index (χ2n) is 6.71. The van der Waals surface area contributed by atoms with E-state index in [2.05, 4.69) is 10.5 Å².